The van der Waals surface area contributed by atoms with Crippen molar-refractivity contribution in [3.05, 3.63) is 58.6 Å². The average Bonchev–Trinajstić information content (AvgIpc) is 2.75. The van der Waals surface area contributed by atoms with Crippen LogP contribution in [0, 0.1) is 6.92 Å². The van der Waals surface area contributed by atoms with E-state index in [0.717, 1.165) is 29.7 Å². The Balaban J connectivity index is 1.39. The second kappa shape index (κ2) is 10.1. The number of anilines is 1. The number of nitrogens with zero attached hydrogens (tertiary/aromatic N) is 1. The number of nitrogens with one attached hydrogen (secondary N) is 2. The number of carbonyl (C=O) groups excluding carboxylic acids is 3. The van der Waals surface area contributed by atoms with Gasteiger partial charge in [0.1, 0.15) is 5.75 Å². The number of benzene rings is 2. The van der Waals surface area contributed by atoms with Gasteiger partial charge in [0.25, 0.3) is 5.91 Å². The number of fused-ring (bicyclic) bond motifs is 1. The predicted molar refractivity (Wildman–Crippen MR) is 114 cm³/mol. The second-order valence-corrected chi connectivity index (χ2v) is 7.51. The lowest BCUT2D eigenvalue weighted by molar-refractivity contribution is -0.130. The van der Waals surface area contributed by atoms with Gasteiger partial charge in [-0.15, -0.1) is 0 Å². The fraction of sp³-hybridized carbons (Fsp3) is 0.318. The van der Waals surface area contributed by atoms with E-state index in [1.165, 1.54) is 0 Å². The van der Waals surface area contributed by atoms with Crippen LogP contribution in [0.15, 0.2) is 42.5 Å². The Labute approximate surface area is 180 Å². The van der Waals surface area contributed by atoms with Crippen molar-refractivity contribution in [3.63, 3.8) is 0 Å². The molecule has 0 spiro atoms. The van der Waals surface area contributed by atoms with Gasteiger partial charge in [0.2, 0.25) is 11.8 Å². The summed E-state index contributed by atoms with van der Waals surface area (Å²) in [5, 5.41) is 0.583. The maximum Gasteiger partial charge on any atom is 0.276 e. The van der Waals surface area contributed by atoms with Crippen LogP contribution in [0.1, 0.15) is 30.4 Å². The summed E-state index contributed by atoms with van der Waals surface area (Å²) in [5.74, 6) is -0.517. The summed E-state index contributed by atoms with van der Waals surface area (Å²) < 4.78 is 5.41. The van der Waals surface area contributed by atoms with Crippen LogP contribution in [0.5, 0.6) is 5.75 Å². The van der Waals surface area contributed by atoms with E-state index in [9.17, 15) is 14.4 Å². The normalized spacial score (nSPS) is 12.7. The summed E-state index contributed by atoms with van der Waals surface area (Å²) in [6.45, 7) is 2.21. The van der Waals surface area contributed by atoms with E-state index in [1.807, 2.05) is 31.2 Å². The van der Waals surface area contributed by atoms with E-state index in [1.54, 1.807) is 23.1 Å². The van der Waals surface area contributed by atoms with Crippen molar-refractivity contribution in [3.8, 4) is 5.75 Å². The maximum absolute atomic E-state index is 12.5. The topological polar surface area (TPSA) is 87.7 Å². The Hall–Kier alpha value is -3.06. The van der Waals surface area contributed by atoms with E-state index < -0.39 is 11.8 Å². The number of ether oxygens (including phenoxy) is 1. The number of hydrogen-bond acceptors (Lipinski definition) is 4. The minimum absolute atomic E-state index is 0.0189. The first kappa shape index (κ1) is 21.6. The molecule has 0 radical (unpaired) electrons. The van der Waals surface area contributed by atoms with Crippen LogP contribution in [-0.4, -0.2) is 30.9 Å². The molecule has 158 valence electrons. The number of halogens is 1. The van der Waals surface area contributed by atoms with E-state index in [-0.39, 0.29) is 25.4 Å². The summed E-state index contributed by atoms with van der Waals surface area (Å²) in [6, 6.07) is 12.9. The smallest absolute Gasteiger partial charge is 0.276 e. The molecule has 2 aromatic rings. The van der Waals surface area contributed by atoms with Gasteiger partial charge >= 0.3 is 0 Å². The monoisotopic (exact) mass is 429 g/mol. The Morgan fingerprint density at radius 2 is 1.83 bits per heavy atom. The fourth-order valence-corrected chi connectivity index (χ4v) is 3.53. The predicted octanol–water partition coefficient (Wildman–Crippen LogP) is 2.93. The Kier molecular flexibility index (Phi) is 7.30. The first-order valence-electron chi connectivity index (χ1n) is 9.79. The van der Waals surface area contributed by atoms with Gasteiger partial charge in [0, 0.05) is 30.1 Å². The van der Waals surface area contributed by atoms with Crippen LogP contribution in [-0.2, 0) is 20.8 Å². The molecule has 0 saturated heterocycles. The summed E-state index contributed by atoms with van der Waals surface area (Å²) in [7, 11) is 0. The lowest BCUT2D eigenvalue weighted by Crippen LogP contribution is -2.44. The molecule has 1 heterocycles. The standard InChI is InChI=1S/C22H24ClN3O4/c1-15-13-17(23)8-9-19(15)30-14-21(28)25-24-20(27)10-11-22(29)26-12-4-6-16-5-2-3-7-18(16)26/h2-3,5,7-9,13H,4,6,10-12,14H2,1H3,(H,24,27)(H,25,28). The van der Waals surface area contributed by atoms with Crippen molar-refractivity contribution in [1.82, 2.24) is 10.9 Å². The zero-order valence-electron chi connectivity index (χ0n) is 16.7. The number of hydrazine groups is 1. The molecule has 0 saturated carbocycles. The van der Waals surface area contributed by atoms with Crippen molar-refractivity contribution in [2.24, 2.45) is 0 Å². The summed E-state index contributed by atoms with van der Waals surface area (Å²) in [4.78, 5) is 38.1. The van der Waals surface area contributed by atoms with Gasteiger partial charge in [0.05, 0.1) is 0 Å². The van der Waals surface area contributed by atoms with Crippen LogP contribution in [0.2, 0.25) is 5.02 Å². The SMILES string of the molecule is Cc1cc(Cl)ccc1OCC(=O)NNC(=O)CCC(=O)N1CCCc2ccccc21. The van der Waals surface area contributed by atoms with Crippen LogP contribution >= 0.6 is 11.6 Å². The van der Waals surface area contributed by atoms with Gasteiger partial charge in [-0.05, 0) is 55.2 Å². The van der Waals surface area contributed by atoms with Crippen molar-refractivity contribution in [1.29, 1.82) is 0 Å². The maximum atomic E-state index is 12.5. The van der Waals surface area contributed by atoms with E-state index >= 15 is 0 Å². The Bertz CT molecular complexity index is 948. The molecule has 0 aliphatic carbocycles. The molecule has 0 bridgehead atoms. The van der Waals surface area contributed by atoms with Crippen LogP contribution in [0.25, 0.3) is 0 Å². The molecule has 7 nitrogen and oxygen atoms in total. The van der Waals surface area contributed by atoms with Crippen LogP contribution < -0.4 is 20.5 Å². The van der Waals surface area contributed by atoms with Gasteiger partial charge in [-0.2, -0.15) is 0 Å². The van der Waals surface area contributed by atoms with Crippen molar-refractivity contribution >= 4 is 35.0 Å². The summed E-state index contributed by atoms with van der Waals surface area (Å²) in [6.07, 6.45) is 1.90. The quantitative estimate of drug-likeness (QED) is 0.691. The Morgan fingerprint density at radius 3 is 2.63 bits per heavy atom. The Morgan fingerprint density at radius 1 is 1.07 bits per heavy atom. The van der Waals surface area contributed by atoms with Crippen molar-refractivity contribution < 1.29 is 19.1 Å². The largest absolute Gasteiger partial charge is 0.483 e. The lowest BCUT2D eigenvalue weighted by atomic mass is 10.0. The zero-order valence-corrected chi connectivity index (χ0v) is 17.5. The van der Waals surface area contributed by atoms with Gasteiger partial charge in [-0.3, -0.25) is 25.2 Å². The zero-order chi connectivity index (χ0) is 21.5. The molecule has 3 rings (SSSR count). The number of hydrogen-bond donors (Lipinski definition) is 2. The third-order valence-electron chi connectivity index (χ3n) is 4.81. The molecule has 2 aromatic carbocycles. The molecule has 2 N–H and O–H groups in total. The highest BCUT2D eigenvalue weighted by atomic mass is 35.5. The molecular weight excluding hydrogens is 406 g/mol. The van der Waals surface area contributed by atoms with Crippen molar-refractivity contribution in [2.75, 3.05) is 18.1 Å². The summed E-state index contributed by atoms with van der Waals surface area (Å²) in [5.41, 5.74) is 7.46. The summed E-state index contributed by atoms with van der Waals surface area (Å²) >= 11 is 5.88. The van der Waals surface area contributed by atoms with Crippen LogP contribution in [0.4, 0.5) is 5.69 Å². The molecule has 0 aromatic heterocycles. The number of amides is 3. The van der Waals surface area contributed by atoms with E-state index in [4.69, 9.17) is 16.3 Å². The fourth-order valence-electron chi connectivity index (χ4n) is 3.30. The highest BCUT2D eigenvalue weighted by molar-refractivity contribution is 6.30. The third-order valence-corrected chi connectivity index (χ3v) is 5.05. The average molecular weight is 430 g/mol. The van der Waals surface area contributed by atoms with Gasteiger partial charge in [-0.1, -0.05) is 29.8 Å². The molecule has 8 heteroatoms. The first-order valence-corrected chi connectivity index (χ1v) is 10.2. The molecule has 0 fully saturated rings. The van der Waals surface area contributed by atoms with Gasteiger partial charge in [0.15, 0.2) is 6.61 Å². The molecule has 1 aliphatic heterocycles. The van der Waals surface area contributed by atoms with E-state index in [2.05, 4.69) is 10.9 Å². The van der Waals surface area contributed by atoms with Gasteiger partial charge in [-0.25, -0.2) is 0 Å². The number of para-hydroxylation sites is 1. The minimum Gasteiger partial charge on any atom is -0.483 e. The second-order valence-electron chi connectivity index (χ2n) is 7.07. The van der Waals surface area contributed by atoms with Gasteiger partial charge < -0.3 is 9.64 Å². The van der Waals surface area contributed by atoms with Crippen molar-refractivity contribution in [2.45, 2.75) is 32.6 Å². The highest BCUT2D eigenvalue weighted by Crippen LogP contribution is 2.27. The minimum atomic E-state index is -0.506. The number of aryl methyl sites for hydroxylation is 2. The third kappa shape index (κ3) is 5.73. The lowest BCUT2D eigenvalue weighted by Gasteiger charge is -2.29. The highest BCUT2D eigenvalue weighted by Gasteiger charge is 2.22. The number of carbonyl (C=O) groups is 3. The molecule has 30 heavy (non-hydrogen) atoms. The van der Waals surface area contributed by atoms with E-state index in [0.29, 0.717) is 17.3 Å². The molecule has 0 atom stereocenters. The molecule has 3 amide bonds. The molecular formula is C22H24ClN3O4. The van der Waals surface area contributed by atoms with Crippen LogP contribution in [0.3, 0.4) is 0 Å². The molecule has 0 unspecified atom stereocenters. The number of rotatable bonds is 6. The molecule has 1 aliphatic rings. The first-order chi connectivity index (χ1) is 14.4.